The van der Waals surface area contributed by atoms with Crippen molar-refractivity contribution < 1.29 is 9.53 Å². The lowest BCUT2D eigenvalue weighted by Crippen LogP contribution is -2.14. The molecule has 0 unspecified atom stereocenters. The van der Waals surface area contributed by atoms with Crippen LogP contribution in [-0.2, 0) is 6.42 Å². The van der Waals surface area contributed by atoms with Crippen LogP contribution in [0.1, 0.15) is 22.8 Å². The van der Waals surface area contributed by atoms with Crippen LogP contribution in [0, 0.1) is 0 Å². The summed E-state index contributed by atoms with van der Waals surface area (Å²) >= 11 is 0. The molecule has 0 aliphatic heterocycles. The molecule has 0 spiro atoms. The third kappa shape index (κ3) is 4.19. The molecule has 0 atom stereocenters. The van der Waals surface area contributed by atoms with Gasteiger partial charge in [0.25, 0.3) is 5.91 Å². The van der Waals surface area contributed by atoms with Crippen molar-refractivity contribution in [3.63, 3.8) is 0 Å². The van der Waals surface area contributed by atoms with Crippen molar-refractivity contribution in [1.82, 2.24) is 4.98 Å². The summed E-state index contributed by atoms with van der Waals surface area (Å²) in [7, 11) is 1.54. The van der Waals surface area contributed by atoms with Gasteiger partial charge >= 0.3 is 0 Å². The fourth-order valence-corrected chi connectivity index (χ4v) is 2.55. The minimum atomic E-state index is -0.259. The van der Waals surface area contributed by atoms with Gasteiger partial charge in [0.05, 0.1) is 24.6 Å². The molecule has 26 heavy (non-hydrogen) atoms. The van der Waals surface area contributed by atoms with Gasteiger partial charge in [-0.15, -0.1) is 0 Å². The van der Waals surface area contributed by atoms with E-state index in [4.69, 9.17) is 4.74 Å². The fraction of sp³-hybridized carbons (Fsp3) is 0.143. The van der Waals surface area contributed by atoms with E-state index in [2.05, 4.69) is 34.7 Å². The molecule has 0 fully saturated rings. The summed E-state index contributed by atoms with van der Waals surface area (Å²) < 4.78 is 5.21. The van der Waals surface area contributed by atoms with Gasteiger partial charge in [-0.05, 0) is 48.4 Å². The van der Waals surface area contributed by atoms with Gasteiger partial charge in [-0.3, -0.25) is 4.79 Å². The summed E-state index contributed by atoms with van der Waals surface area (Å²) in [5, 5.41) is 6.07. The number of methoxy groups -OCH3 is 1. The number of hydrogen-bond acceptors (Lipinski definition) is 4. The van der Waals surface area contributed by atoms with Gasteiger partial charge < -0.3 is 15.4 Å². The predicted octanol–water partition coefficient (Wildman–Crippen LogP) is 4.65. The van der Waals surface area contributed by atoms with Gasteiger partial charge in [0.1, 0.15) is 11.6 Å². The number of pyridine rings is 1. The minimum Gasteiger partial charge on any atom is -0.496 e. The number of carbonyl (C=O) groups excluding carboxylic acids is 1. The summed E-state index contributed by atoms with van der Waals surface area (Å²) in [4.78, 5) is 16.7. The Balaban J connectivity index is 1.66. The summed E-state index contributed by atoms with van der Waals surface area (Å²) in [5.74, 6) is 0.748. The van der Waals surface area contributed by atoms with Crippen molar-refractivity contribution in [2.24, 2.45) is 0 Å². The maximum absolute atomic E-state index is 12.4. The van der Waals surface area contributed by atoms with Crippen molar-refractivity contribution in [1.29, 1.82) is 0 Å². The molecule has 1 aromatic heterocycles. The number of ether oxygens (including phenoxy) is 1. The van der Waals surface area contributed by atoms with E-state index in [1.54, 1.807) is 30.5 Å². The van der Waals surface area contributed by atoms with E-state index in [-0.39, 0.29) is 5.91 Å². The van der Waals surface area contributed by atoms with E-state index >= 15 is 0 Å². The predicted molar refractivity (Wildman–Crippen MR) is 104 cm³/mol. The number of nitrogens with one attached hydrogen (secondary N) is 2. The van der Waals surface area contributed by atoms with Crippen LogP contribution in [0.3, 0.4) is 0 Å². The number of anilines is 3. The molecule has 0 radical (unpaired) electrons. The van der Waals surface area contributed by atoms with Gasteiger partial charge in [-0.25, -0.2) is 4.98 Å². The van der Waals surface area contributed by atoms with Gasteiger partial charge in [-0.1, -0.05) is 31.2 Å². The second-order valence-corrected chi connectivity index (χ2v) is 5.76. The second kappa shape index (κ2) is 8.16. The topological polar surface area (TPSA) is 63.2 Å². The molecule has 0 aliphatic rings. The van der Waals surface area contributed by atoms with Crippen LogP contribution in [0.15, 0.2) is 66.9 Å². The maximum Gasteiger partial charge on any atom is 0.260 e. The van der Waals surface area contributed by atoms with E-state index in [9.17, 15) is 4.79 Å². The van der Waals surface area contributed by atoms with Crippen LogP contribution >= 0.6 is 0 Å². The molecular weight excluding hydrogens is 326 g/mol. The zero-order chi connectivity index (χ0) is 18.4. The largest absolute Gasteiger partial charge is 0.496 e. The third-order valence-corrected chi connectivity index (χ3v) is 4.01. The first kappa shape index (κ1) is 17.5. The van der Waals surface area contributed by atoms with Crippen LogP contribution in [-0.4, -0.2) is 18.0 Å². The molecule has 2 aromatic carbocycles. The number of rotatable bonds is 6. The molecule has 0 saturated carbocycles. The first-order valence-electron chi connectivity index (χ1n) is 8.46. The Morgan fingerprint density at radius 3 is 2.38 bits per heavy atom. The van der Waals surface area contributed by atoms with Crippen molar-refractivity contribution in [2.45, 2.75) is 13.3 Å². The van der Waals surface area contributed by atoms with Crippen LogP contribution in [0.5, 0.6) is 5.75 Å². The fourth-order valence-electron chi connectivity index (χ4n) is 2.55. The van der Waals surface area contributed by atoms with E-state index in [1.165, 1.54) is 12.7 Å². The Labute approximate surface area is 153 Å². The van der Waals surface area contributed by atoms with E-state index < -0.39 is 0 Å². The summed E-state index contributed by atoms with van der Waals surface area (Å²) in [5.41, 5.74) is 3.61. The molecule has 132 valence electrons. The number of nitrogens with zero attached hydrogens (tertiary/aromatic N) is 1. The van der Waals surface area contributed by atoms with Crippen molar-refractivity contribution in [3.8, 4) is 5.75 Å². The lowest BCUT2D eigenvalue weighted by molar-refractivity contribution is 0.102. The first-order valence-corrected chi connectivity index (χ1v) is 8.46. The Morgan fingerprint density at radius 2 is 1.73 bits per heavy atom. The monoisotopic (exact) mass is 347 g/mol. The molecule has 1 amide bonds. The van der Waals surface area contributed by atoms with E-state index in [0.717, 1.165) is 17.8 Å². The second-order valence-electron chi connectivity index (χ2n) is 5.76. The molecule has 0 saturated heterocycles. The Bertz CT molecular complexity index is 875. The number of hydrogen-bond donors (Lipinski definition) is 2. The highest BCUT2D eigenvalue weighted by Gasteiger charge is 2.12. The van der Waals surface area contributed by atoms with Gasteiger partial charge in [-0.2, -0.15) is 0 Å². The van der Waals surface area contributed by atoms with Gasteiger partial charge in [0.2, 0.25) is 0 Å². The molecule has 0 aliphatic carbocycles. The zero-order valence-electron chi connectivity index (χ0n) is 14.8. The standard InChI is InChI=1S/C21H21N3O2/c1-3-15-8-10-16(11-9-15)23-17-12-13-20(22-14-17)24-21(25)18-6-4-5-7-19(18)26-2/h4-14,23H,3H2,1-2H3,(H,22,24,25). The number of aromatic nitrogens is 1. The molecule has 3 rings (SSSR count). The van der Waals surface area contributed by atoms with Crippen molar-refractivity contribution in [3.05, 3.63) is 78.0 Å². The quantitative estimate of drug-likeness (QED) is 0.681. The Hall–Kier alpha value is -3.34. The first-order chi connectivity index (χ1) is 12.7. The van der Waals surface area contributed by atoms with Crippen LogP contribution in [0.4, 0.5) is 17.2 Å². The SMILES string of the molecule is CCc1ccc(Nc2ccc(NC(=O)c3ccccc3OC)nc2)cc1. The lowest BCUT2D eigenvalue weighted by Gasteiger charge is -2.10. The minimum absolute atomic E-state index is 0.259. The molecule has 0 bridgehead atoms. The Kier molecular flexibility index (Phi) is 5.49. The highest BCUT2D eigenvalue weighted by Crippen LogP contribution is 2.20. The highest BCUT2D eigenvalue weighted by atomic mass is 16.5. The smallest absolute Gasteiger partial charge is 0.260 e. The van der Waals surface area contributed by atoms with Gasteiger partial charge in [0, 0.05) is 5.69 Å². The van der Waals surface area contributed by atoms with Crippen LogP contribution in [0.25, 0.3) is 0 Å². The number of benzene rings is 2. The number of para-hydroxylation sites is 1. The normalized spacial score (nSPS) is 10.2. The molecule has 2 N–H and O–H groups in total. The summed E-state index contributed by atoms with van der Waals surface area (Å²) in [6, 6.07) is 19.0. The average Bonchev–Trinajstić information content (AvgIpc) is 2.70. The Morgan fingerprint density at radius 1 is 1.00 bits per heavy atom. The van der Waals surface area contributed by atoms with Crippen molar-refractivity contribution in [2.75, 3.05) is 17.7 Å². The number of carbonyl (C=O) groups is 1. The van der Waals surface area contributed by atoms with Gasteiger partial charge in [0.15, 0.2) is 0 Å². The molecular formula is C21H21N3O2. The summed E-state index contributed by atoms with van der Waals surface area (Å²) in [6.45, 7) is 2.13. The summed E-state index contributed by atoms with van der Waals surface area (Å²) in [6.07, 6.45) is 2.70. The molecule has 3 aromatic rings. The zero-order valence-corrected chi connectivity index (χ0v) is 14.8. The highest BCUT2D eigenvalue weighted by molar-refractivity contribution is 6.05. The van der Waals surface area contributed by atoms with E-state index in [1.807, 2.05) is 24.3 Å². The van der Waals surface area contributed by atoms with E-state index in [0.29, 0.717) is 17.1 Å². The van der Waals surface area contributed by atoms with Crippen molar-refractivity contribution >= 4 is 23.1 Å². The average molecular weight is 347 g/mol. The molecule has 5 heteroatoms. The third-order valence-electron chi connectivity index (χ3n) is 4.01. The number of amides is 1. The lowest BCUT2D eigenvalue weighted by atomic mass is 10.1. The van der Waals surface area contributed by atoms with Crippen LogP contribution in [0.2, 0.25) is 0 Å². The molecule has 1 heterocycles. The van der Waals surface area contributed by atoms with Crippen LogP contribution < -0.4 is 15.4 Å². The maximum atomic E-state index is 12.4. The molecule has 5 nitrogen and oxygen atoms in total. The number of aryl methyl sites for hydroxylation is 1.